The lowest BCUT2D eigenvalue weighted by molar-refractivity contribution is 0.0921. The zero-order chi connectivity index (χ0) is 103. The van der Waals surface area contributed by atoms with E-state index in [0.717, 1.165) is 115 Å². The molecule has 140 heavy (non-hydrogen) atoms. The van der Waals surface area contributed by atoms with Crippen molar-refractivity contribution >= 4 is 95.0 Å². The molecule has 0 aliphatic carbocycles. The smallest absolute Gasteiger partial charge is 0.243 e. The molecule has 0 bridgehead atoms. The van der Waals surface area contributed by atoms with Gasteiger partial charge >= 0.3 is 0 Å². The number of nitrogens with zero attached hydrogens (tertiary/aromatic N) is 19. The molecular formula is C98H145N21O15S6. The Kier molecular flexibility index (Phi) is 38.1. The molecule has 6 saturated heterocycles. The molecule has 768 valence electrons. The standard InChI is InChI=1S/C17H25N5O2S.C17H26N2O3S.2C16H23N5O2S.2C16H24N2O3S/c1-17(2,3)22-10-8-14(9-11-22)21-25(23,24)15-6-4-13(5-7-15)16-18-12-19-20-16;1-13(20)14-5-7-16(8-6-14)23(21,22)18-15-9-11-19(12-10-15)17(2,3)4;1-16(2,3)20-8-10-21(11-9-20)24(22,23)14-6-4-13(5-7-14)15-17-12-18-19-15;1-16(2,3)20-7-9-21(10-8-20)24(22,23)14-6-4-5-13(11-14)15-17-12-18-19-15;1-13(19)14-5-7-15(8-6-14)22(20,21)18-11-9-17(10-12-18)16(2,3)4;1-13(19)14-6-5-7-15(12-14)22(20,21)18-10-8-17(9-11-18)16(2,3)4/h4-7,14,21H,8-12H2,1-3H3;5-8,15,18H,9-12H2,1-4H3;4-7H,8-12H2,1-3H3;4-6,11H,7-10,12H2,1-3H3;5-8H,9-12H2,1-4H3;5-7,12H,8-11H2,1-4H3. The predicted octanol–water partition coefficient (Wildman–Crippen LogP) is 12.7. The van der Waals surface area contributed by atoms with Crippen LogP contribution in [-0.2, 0) is 60.1 Å². The van der Waals surface area contributed by atoms with Gasteiger partial charge in [-0.1, -0.05) is 48.5 Å². The molecule has 15 rings (SSSR count). The third-order valence-corrected chi connectivity index (χ3v) is 36.6. The van der Waals surface area contributed by atoms with Crippen LogP contribution in [0.15, 0.2) is 221 Å². The Balaban J connectivity index is 0.000000173. The van der Waals surface area contributed by atoms with Crippen LogP contribution in [0.4, 0.5) is 0 Å². The number of Topliss-reactive ketones (excluding diaryl/α,β-unsaturated/α-hetero) is 3. The number of likely N-dealkylation sites (tertiary alicyclic amines) is 2. The van der Waals surface area contributed by atoms with Crippen molar-refractivity contribution in [3.05, 3.63) is 179 Å². The Bertz CT molecular complexity index is 6200. The number of aliphatic imine (C=N–C) groups is 3. The van der Waals surface area contributed by atoms with Crippen LogP contribution in [0.25, 0.3) is 0 Å². The Morgan fingerprint density at radius 2 is 0.500 bits per heavy atom. The minimum absolute atomic E-state index is 0.0173. The van der Waals surface area contributed by atoms with Gasteiger partial charge in [-0.2, -0.15) is 32.6 Å². The lowest BCUT2D eigenvalue weighted by Crippen LogP contribution is -2.54. The molecule has 9 aliphatic heterocycles. The van der Waals surface area contributed by atoms with Crippen molar-refractivity contribution in [2.45, 2.75) is 246 Å². The van der Waals surface area contributed by atoms with Crippen LogP contribution in [0.1, 0.15) is 219 Å². The van der Waals surface area contributed by atoms with Gasteiger partial charge in [-0.25, -0.2) is 74.9 Å². The summed E-state index contributed by atoms with van der Waals surface area (Å²) in [7, 11) is -21.0. The number of amidine groups is 3. The largest absolute Gasteiger partial charge is 0.298 e. The normalized spacial score (nSPS) is 19.3. The molecule has 9 heterocycles. The van der Waals surface area contributed by atoms with E-state index in [1.165, 1.54) is 59.7 Å². The van der Waals surface area contributed by atoms with E-state index >= 15 is 0 Å². The summed E-state index contributed by atoms with van der Waals surface area (Å²) in [5.41, 5.74) is 4.18. The Labute approximate surface area is 831 Å². The van der Waals surface area contributed by atoms with Crippen molar-refractivity contribution in [3.8, 4) is 0 Å². The van der Waals surface area contributed by atoms with Crippen LogP contribution in [0.2, 0.25) is 0 Å². The molecule has 0 spiro atoms. The molecule has 9 aliphatic rings. The molecule has 0 aromatic heterocycles. The summed E-state index contributed by atoms with van der Waals surface area (Å²) in [6.45, 7) is 57.6. The van der Waals surface area contributed by atoms with Crippen molar-refractivity contribution in [2.75, 3.05) is 151 Å². The number of carbonyl (C=O) groups is 3. The number of rotatable bonds is 20. The van der Waals surface area contributed by atoms with Gasteiger partial charge in [0, 0.05) is 210 Å². The topological polar surface area (TPSA) is 424 Å². The quantitative estimate of drug-likeness (QED) is 0.0670. The lowest BCUT2D eigenvalue weighted by Gasteiger charge is -2.41. The number of piperidine rings is 2. The van der Waals surface area contributed by atoms with Crippen LogP contribution in [0.5, 0.6) is 0 Å². The highest BCUT2D eigenvalue weighted by Crippen LogP contribution is 2.31. The molecule has 2 N–H and O–H groups in total. The summed E-state index contributed by atoms with van der Waals surface area (Å²) in [6.07, 6.45) is 3.27. The second kappa shape index (κ2) is 47.0. The molecule has 6 aromatic rings. The fourth-order valence-corrected chi connectivity index (χ4v) is 25.4. The number of ketones is 3. The van der Waals surface area contributed by atoms with Gasteiger partial charge < -0.3 is 0 Å². The zero-order valence-corrected chi connectivity index (χ0v) is 90.1. The molecule has 0 amide bonds. The lowest BCUT2D eigenvalue weighted by atomic mass is 9.99. The first-order valence-corrected chi connectivity index (χ1v) is 56.3. The third kappa shape index (κ3) is 31.0. The highest BCUT2D eigenvalue weighted by Gasteiger charge is 2.39. The van der Waals surface area contributed by atoms with Crippen LogP contribution in [0.3, 0.4) is 0 Å². The molecule has 0 radical (unpaired) electrons. The van der Waals surface area contributed by atoms with Crippen LogP contribution >= 0.6 is 0 Å². The summed E-state index contributed by atoms with van der Waals surface area (Å²) in [4.78, 5) is 61.9. The van der Waals surface area contributed by atoms with Gasteiger partial charge in [0.25, 0.3) is 0 Å². The maximum Gasteiger partial charge on any atom is 0.243 e. The Hall–Kier alpha value is -8.64. The fourth-order valence-electron chi connectivity index (χ4n) is 17.0. The molecule has 36 nitrogen and oxygen atoms in total. The average Bonchev–Trinajstić information content (AvgIpc) is 1.04. The van der Waals surface area contributed by atoms with Gasteiger partial charge in [-0.3, -0.25) is 43.8 Å². The van der Waals surface area contributed by atoms with E-state index in [1.54, 1.807) is 124 Å². The van der Waals surface area contributed by atoms with E-state index in [1.807, 2.05) is 0 Å². The Morgan fingerprint density at radius 1 is 0.264 bits per heavy atom. The van der Waals surface area contributed by atoms with Gasteiger partial charge in [0.15, 0.2) is 54.9 Å². The number of azo groups is 3. The molecule has 0 atom stereocenters. The van der Waals surface area contributed by atoms with E-state index in [9.17, 15) is 64.9 Å². The van der Waals surface area contributed by atoms with Gasteiger partial charge in [-0.15, -0.1) is 15.3 Å². The first-order valence-electron chi connectivity index (χ1n) is 47.6. The number of piperazine rings is 4. The van der Waals surface area contributed by atoms with Crippen LogP contribution in [-0.4, -0.2) is 328 Å². The van der Waals surface area contributed by atoms with Gasteiger partial charge in [0.1, 0.15) is 0 Å². The molecule has 0 saturated carbocycles. The van der Waals surface area contributed by atoms with E-state index in [4.69, 9.17) is 0 Å². The second-order valence-electron chi connectivity index (χ2n) is 41.8. The van der Waals surface area contributed by atoms with Crippen molar-refractivity contribution in [1.29, 1.82) is 0 Å². The highest BCUT2D eigenvalue weighted by molar-refractivity contribution is 7.90. The molecule has 6 fully saturated rings. The minimum atomic E-state index is -3.54. The van der Waals surface area contributed by atoms with E-state index in [-0.39, 0.29) is 87.1 Å². The average molecular weight is 2050 g/mol. The van der Waals surface area contributed by atoms with Crippen LogP contribution in [0, 0.1) is 0 Å². The highest BCUT2D eigenvalue weighted by atomic mass is 32.2. The number of hydrogen-bond donors (Lipinski definition) is 2. The summed E-state index contributed by atoms with van der Waals surface area (Å²) in [5, 5.41) is 23.2. The minimum Gasteiger partial charge on any atom is -0.298 e. The summed E-state index contributed by atoms with van der Waals surface area (Å²) >= 11 is 0. The summed E-state index contributed by atoms with van der Waals surface area (Å²) in [6, 6.07) is 38.6. The molecule has 42 heteroatoms. The number of nitrogens with one attached hydrogen (secondary N) is 2. The van der Waals surface area contributed by atoms with Crippen molar-refractivity contribution in [1.82, 2.24) is 56.1 Å². The van der Waals surface area contributed by atoms with Gasteiger partial charge in [0.2, 0.25) is 60.1 Å². The van der Waals surface area contributed by atoms with E-state index in [0.29, 0.717) is 117 Å². The van der Waals surface area contributed by atoms with Gasteiger partial charge in [0.05, 0.1) is 29.4 Å². The van der Waals surface area contributed by atoms with Crippen molar-refractivity contribution in [2.24, 2.45) is 45.7 Å². The summed E-state index contributed by atoms with van der Waals surface area (Å²) < 4.78 is 164. The first kappa shape index (κ1) is 113. The third-order valence-electron chi connectivity index (χ3n) is 25.9. The maximum absolute atomic E-state index is 12.9. The maximum atomic E-state index is 12.9. The molecule has 0 unspecified atom stereocenters. The van der Waals surface area contributed by atoms with Crippen molar-refractivity contribution in [3.63, 3.8) is 0 Å². The number of benzene rings is 6. The number of hydrogen-bond acceptors (Lipinski definition) is 30. The van der Waals surface area contributed by atoms with Gasteiger partial charge in [-0.05, 0) is 268 Å². The number of sulfonamides is 6. The van der Waals surface area contributed by atoms with Crippen molar-refractivity contribution < 1.29 is 64.9 Å². The van der Waals surface area contributed by atoms with E-state index in [2.05, 4.69) is 209 Å². The number of carbonyl (C=O) groups excluding carboxylic acids is 3. The Morgan fingerprint density at radius 3 is 0.764 bits per heavy atom. The summed E-state index contributed by atoms with van der Waals surface area (Å²) in [5.74, 6) is 1.32. The van der Waals surface area contributed by atoms with E-state index < -0.39 is 60.1 Å². The second-order valence-corrected chi connectivity index (χ2v) is 52.9. The molecular weight excluding hydrogens is 1900 g/mol. The molecule has 6 aromatic carbocycles. The predicted molar refractivity (Wildman–Crippen MR) is 547 cm³/mol. The first-order chi connectivity index (χ1) is 65.2. The monoisotopic (exact) mass is 2050 g/mol. The van der Waals surface area contributed by atoms with Crippen LogP contribution < -0.4 is 9.44 Å². The fraction of sp³-hybridized carbons (Fsp3) is 0.571. The zero-order valence-electron chi connectivity index (χ0n) is 85.2. The SMILES string of the molecule is CC(=O)c1ccc(S(=O)(=O)N2CCN(C(C)(C)C)CC2)cc1.CC(=O)c1ccc(S(=O)(=O)NC2CCN(C(C)(C)C)CC2)cc1.CC(=O)c1cccc(S(=O)(=O)N2CCN(C(C)(C)C)CC2)c1.CC(C)(C)N1CCC(NS(=O)(=O)c2ccc(C3=NCN=N3)cc2)CC1.CC(C)(C)N1CCN(S(=O)(=O)c2ccc(C3=NCN=N3)cc2)CC1.CC(C)(C)N1CCN(S(=O)(=O)c2cccc(C3=NCN=N3)c2)CC1.